The number of unbranched alkanes of at least 4 members (excludes halogenated alkanes) is 1. The Balaban J connectivity index is 2.29. The minimum Gasteiger partial charge on any atom is -0.497 e. The first kappa shape index (κ1) is 20.9. The second kappa shape index (κ2) is 8.26. The van der Waals surface area contributed by atoms with Gasteiger partial charge in [0.2, 0.25) is 0 Å². The van der Waals surface area contributed by atoms with E-state index in [4.69, 9.17) is 4.74 Å². The van der Waals surface area contributed by atoms with Gasteiger partial charge in [0.15, 0.2) is 9.84 Å². The zero-order valence-electron chi connectivity index (χ0n) is 16.9. The third-order valence-electron chi connectivity index (χ3n) is 6.20. The molecule has 1 unspecified atom stereocenters. The van der Waals surface area contributed by atoms with Gasteiger partial charge in [-0.2, -0.15) is 0 Å². The van der Waals surface area contributed by atoms with Crippen molar-refractivity contribution in [1.29, 1.82) is 0 Å². The highest BCUT2D eigenvalue weighted by molar-refractivity contribution is 7.91. The molecule has 0 fully saturated rings. The van der Waals surface area contributed by atoms with Crippen molar-refractivity contribution in [3.63, 3.8) is 0 Å². The van der Waals surface area contributed by atoms with E-state index >= 15 is 0 Å². The Morgan fingerprint density at radius 3 is 2.46 bits per heavy atom. The van der Waals surface area contributed by atoms with Crippen LogP contribution in [0, 0.1) is 5.41 Å². The van der Waals surface area contributed by atoms with Gasteiger partial charge in [0.1, 0.15) is 5.75 Å². The number of aliphatic hydroxyl groups excluding tert-OH is 1. The van der Waals surface area contributed by atoms with Gasteiger partial charge in [-0.25, -0.2) is 8.42 Å². The van der Waals surface area contributed by atoms with Crippen LogP contribution in [0.15, 0.2) is 53.4 Å². The molecular formula is C23H30O4S. The normalized spacial score (nSPS) is 26.3. The number of aliphatic hydroxyl groups is 1. The lowest BCUT2D eigenvalue weighted by Crippen LogP contribution is -2.42. The standard InChI is InChI=1S/C23H30O4S/c1-4-6-14-23(5-2)16-28(25,26)20-13-12-18(27-3)15-19(20)21(22(23)24)17-10-8-7-9-11-17/h7-13,15,21-22,24H,4-6,14,16H2,1-3H3/t21-,22?,23-/m1/s1. The van der Waals surface area contributed by atoms with Gasteiger partial charge in [-0.15, -0.1) is 0 Å². The Kier molecular flexibility index (Phi) is 6.15. The van der Waals surface area contributed by atoms with Crippen LogP contribution in [0.1, 0.15) is 56.6 Å². The van der Waals surface area contributed by atoms with Gasteiger partial charge in [0.25, 0.3) is 0 Å². The molecule has 4 nitrogen and oxygen atoms in total. The smallest absolute Gasteiger partial charge is 0.179 e. The van der Waals surface area contributed by atoms with Crippen LogP contribution >= 0.6 is 0 Å². The first-order chi connectivity index (χ1) is 13.4. The van der Waals surface area contributed by atoms with Gasteiger partial charge in [0, 0.05) is 11.3 Å². The van der Waals surface area contributed by atoms with Gasteiger partial charge in [0.05, 0.1) is 23.9 Å². The van der Waals surface area contributed by atoms with E-state index in [0.29, 0.717) is 29.1 Å². The van der Waals surface area contributed by atoms with Gasteiger partial charge in [-0.05, 0) is 42.2 Å². The van der Waals surface area contributed by atoms with Crippen molar-refractivity contribution >= 4 is 9.84 Å². The fraction of sp³-hybridized carbons (Fsp3) is 0.478. The molecule has 1 heterocycles. The molecule has 152 valence electrons. The van der Waals surface area contributed by atoms with Crippen LogP contribution in [0.4, 0.5) is 0 Å². The lowest BCUT2D eigenvalue weighted by atomic mass is 9.69. The largest absolute Gasteiger partial charge is 0.497 e. The number of hydrogen-bond donors (Lipinski definition) is 1. The van der Waals surface area contributed by atoms with Gasteiger partial charge < -0.3 is 9.84 Å². The molecule has 3 rings (SSSR count). The molecule has 3 atom stereocenters. The average molecular weight is 403 g/mol. The topological polar surface area (TPSA) is 63.6 Å². The summed E-state index contributed by atoms with van der Waals surface area (Å²) in [5, 5.41) is 11.7. The number of rotatable bonds is 6. The summed E-state index contributed by atoms with van der Waals surface area (Å²) in [5.41, 5.74) is 0.877. The molecule has 0 spiro atoms. The summed E-state index contributed by atoms with van der Waals surface area (Å²) < 4.78 is 32.2. The summed E-state index contributed by atoms with van der Waals surface area (Å²) in [6, 6.07) is 14.8. The molecule has 0 aliphatic carbocycles. The van der Waals surface area contributed by atoms with E-state index < -0.39 is 27.3 Å². The molecular weight excluding hydrogens is 372 g/mol. The maximum absolute atomic E-state index is 13.4. The van der Waals surface area contributed by atoms with Crippen molar-refractivity contribution < 1.29 is 18.3 Å². The Morgan fingerprint density at radius 2 is 1.86 bits per heavy atom. The molecule has 0 bridgehead atoms. The first-order valence-corrected chi connectivity index (χ1v) is 11.7. The third-order valence-corrected chi connectivity index (χ3v) is 8.20. The maximum Gasteiger partial charge on any atom is 0.179 e. The molecule has 0 saturated carbocycles. The predicted molar refractivity (Wildman–Crippen MR) is 112 cm³/mol. The van der Waals surface area contributed by atoms with Crippen LogP contribution in [0.3, 0.4) is 0 Å². The van der Waals surface area contributed by atoms with E-state index in [2.05, 4.69) is 6.92 Å². The van der Waals surface area contributed by atoms with E-state index in [-0.39, 0.29) is 5.75 Å². The molecule has 1 N–H and O–H groups in total. The minimum absolute atomic E-state index is 0.0275. The van der Waals surface area contributed by atoms with Crippen molar-refractivity contribution in [3.8, 4) is 5.75 Å². The summed E-state index contributed by atoms with van der Waals surface area (Å²) in [6.45, 7) is 4.09. The van der Waals surface area contributed by atoms with Gasteiger partial charge in [-0.3, -0.25) is 0 Å². The Labute approximate surface area is 168 Å². The van der Waals surface area contributed by atoms with Crippen LogP contribution in [-0.2, 0) is 9.84 Å². The highest BCUT2D eigenvalue weighted by Crippen LogP contribution is 2.49. The quantitative estimate of drug-likeness (QED) is 0.769. The van der Waals surface area contributed by atoms with Gasteiger partial charge in [-0.1, -0.05) is 57.0 Å². The molecule has 0 radical (unpaired) electrons. The Hall–Kier alpha value is -1.85. The van der Waals surface area contributed by atoms with Crippen molar-refractivity contribution in [2.24, 2.45) is 5.41 Å². The molecule has 28 heavy (non-hydrogen) atoms. The predicted octanol–water partition coefficient (Wildman–Crippen LogP) is 4.56. The molecule has 1 aliphatic rings. The number of sulfone groups is 1. The summed E-state index contributed by atoms with van der Waals surface area (Å²) in [4.78, 5) is 0.313. The monoisotopic (exact) mass is 402 g/mol. The average Bonchev–Trinajstić information content (AvgIpc) is 2.78. The Morgan fingerprint density at radius 1 is 1.14 bits per heavy atom. The van der Waals surface area contributed by atoms with Crippen LogP contribution < -0.4 is 4.74 Å². The summed E-state index contributed by atoms with van der Waals surface area (Å²) in [5.74, 6) is 0.153. The van der Waals surface area contributed by atoms with Crippen molar-refractivity contribution in [1.82, 2.24) is 0 Å². The molecule has 0 saturated heterocycles. The Bertz CT molecular complexity index is 907. The molecule has 0 amide bonds. The van der Waals surface area contributed by atoms with E-state index in [9.17, 15) is 13.5 Å². The second-order valence-electron chi connectivity index (χ2n) is 7.82. The zero-order chi connectivity index (χ0) is 20.4. The van der Waals surface area contributed by atoms with E-state index in [0.717, 1.165) is 18.4 Å². The fourth-order valence-corrected chi connectivity index (χ4v) is 6.76. The molecule has 2 aromatic carbocycles. The van der Waals surface area contributed by atoms with E-state index in [1.807, 2.05) is 37.3 Å². The molecule has 0 aromatic heterocycles. The molecule has 2 aromatic rings. The van der Waals surface area contributed by atoms with Crippen molar-refractivity contribution in [2.75, 3.05) is 12.9 Å². The SMILES string of the molecule is CCCC[C@]1(CC)CS(=O)(=O)c2ccc(OC)cc2[C@@H](c2ccccc2)C1O. The van der Waals surface area contributed by atoms with Crippen LogP contribution in [0.2, 0.25) is 0 Å². The van der Waals surface area contributed by atoms with Crippen LogP contribution in [0.5, 0.6) is 5.75 Å². The summed E-state index contributed by atoms with van der Waals surface area (Å²) in [6.07, 6.45) is 2.36. The number of fused-ring (bicyclic) bond motifs is 1. The number of ether oxygens (including phenoxy) is 1. The van der Waals surface area contributed by atoms with Crippen LogP contribution in [0.25, 0.3) is 0 Å². The third kappa shape index (κ3) is 3.70. The highest BCUT2D eigenvalue weighted by Gasteiger charge is 2.48. The summed E-state index contributed by atoms with van der Waals surface area (Å²) >= 11 is 0. The summed E-state index contributed by atoms with van der Waals surface area (Å²) in [7, 11) is -1.98. The minimum atomic E-state index is -3.54. The fourth-order valence-electron chi connectivity index (χ4n) is 4.50. The van der Waals surface area contributed by atoms with E-state index in [1.54, 1.807) is 25.3 Å². The number of benzene rings is 2. The van der Waals surface area contributed by atoms with Crippen LogP contribution in [-0.4, -0.2) is 32.5 Å². The van der Waals surface area contributed by atoms with Crippen molar-refractivity contribution in [2.45, 2.75) is 56.4 Å². The number of methoxy groups -OCH3 is 1. The van der Waals surface area contributed by atoms with E-state index in [1.165, 1.54) is 0 Å². The van der Waals surface area contributed by atoms with Gasteiger partial charge >= 0.3 is 0 Å². The van der Waals surface area contributed by atoms with Crippen molar-refractivity contribution in [3.05, 3.63) is 59.7 Å². The molecule has 5 heteroatoms. The first-order valence-electron chi connectivity index (χ1n) is 10.0. The highest BCUT2D eigenvalue weighted by atomic mass is 32.2. The maximum atomic E-state index is 13.4. The lowest BCUT2D eigenvalue weighted by Gasteiger charge is -2.39. The lowest BCUT2D eigenvalue weighted by molar-refractivity contribution is 0.0174. The number of hydrogen-bond acceptors (Lipinski definition) is 4. The molecule has 1 aliphatic heterocycles. The zero-order valence-corrected chi connectivity index (χ0v) is 17.7. The second-order valence-corrected chi connectivity index (χ2v) is 9.77.